The summed E-state index contributed by atoms with van der Waals surface area (Å²) in [5, 5.41) is 9.86. The molecule has 0 radical (unpaired) electrons. The summed E-state index contributed by atoms with van der Waals surface area (Å²) in [6.45, 7) is 5.13. The van der Waals surface area contributed by atoms with Gasteiger partial charge in [0.2, 0.25) is 0 Å². The maximum atomic E-state index is 9.86. The number of nitrogens with zero attached hydrogens (tertiary/aromatic N) is 1. The van der Waals surface area contributed by atoms with E-state index in [4.69, 9.17) is 5.73 Å². The molecule has 0 bridgehead atoms. The highest BCUT2D eigenvalue weighted by molar-refractivity contribution is 5.34. The van der Waals surface area contributed by atoms with Crippen molar-refractivity contribution in [2.45, 2.75) is 25.8 Å². The van der Waals surface area contributed by atoms with Gasteiger partial charge < -0.3 is 10.8 Å². The number of nitrogens with two attached hydrogens (primary N) is 1. The Morgan fingerprint density at radius 3 is 2.59 bits per heavy atom. The predicted molar refractivity (Wildman–Crippen MR) is 69.9 cm³/mol. The largest absolute Gasteiger partial charge is 0.508 e. The zero-order valence-corrected chi connectivity index (χ0v) is 10.5. The molecule has 2 rings (SSSR count). The van der Waals surface area contributed by atoms with Crippen LogP contribution in [-0.4, -0.2) is 29.6 Å². The van der Waals surface area contributed by atoms with Crippen LogP contribution in [0.15, 0.2) is 24.3 Å². The molecule has 1 aliphatic rings. The first-order valence-electron chi connectivity index (χ1n) is 6.44. The first-order valence-corrected chi connectivity index (χ1v) is 6.44. The van der Waals surface area contributed by atoms with Crippen molar-refractivity contribution in [1.29, 1.82) is 0 Å². The van der Waals surface area contributed by atoms with E-state index in [-0.39, 0.29) is 6.04 Å². The van der Waals surface area contributed by atoms with Crippen LogP contribution < -0.4 is 5.73 Å². The standard InChI is InChI=1S/C14H22N2O/c1-11(13-4-2-3-5-14(13)17)16-8-6-12(10-15)7-9-16/h2-5,11-12,17H,6-10,15H2,1H3. The Morgan fingerprint density at radius 1 is 1.35 bits per heavy atom. The summed E-state index contributed by atoms with van der Waals surface area (Å²) < 4.78 is 0. The highest BCUT2D eigenvalue weighted by atomic mass is 16.3. The molecular formula is C14H22N2O. The summed E-state index contributed by atoms with van der Waals surface area (Å²) in [4.78, 5) is 2.43. The number of aromatic hydroxyl groups is 1. The molecule has 0 saturated carbocycles. The predicted octanol–water partition coefficient (Wildman–Crippen LogP) is 2.12. The van der Waals surface area contributed by atoms with Crippen LogP contribution in [0.25, 0.3) is 0 Å². The lowest BCUT2D eigenvalue weighted by Gasteiger charge is -2.36. The van der Waals surface area contributed by atoms with Gasteiger partial charge in [0.1, 0.15) is 5.75 Å². The fourth-order valence-electron chi connectivity index (χ4n) is 2.61. The summed E-state index contributed by atoms with van der Waals surface area (Å²) in [6.07, 6.45) is 2.35. The van der Waals surface area contributed by atoms with Gasteiger partial charge in [-0.15, -0.1) is 0 Å². The van der Waals surface area contributed by atoms with E-state index in [1.165, 1.54) is 12.8 Å². The molecular weight excluding hydrogens is 212 g/mol. The van der Waals surface area contributed by atoms with Gasteiger partial charge in [0.25, 0.3) is 0 Å². The molecule has 3 N–H and O–H groups in total. The number of phenolic OH excluding ortho intramolecular Hbond substituents is 1. The zero-order valence-electron chi connectivity index (χ0n) is 10.5. The van der Waals surface area contributed by atoms with Crippen LogP contribution in [0.3, 0.4) is 0 Å². The maximum Gasteiger partial charge on any atom is 0.120 e. The molecule has 1 heterocycles. The topological polar surface area (TPSA) is 49.5 Å². The van der Waals surface area contributed by atoms with Crippen molar-refractivity contribution < 1.29 is 5.11 Å². The number of benzene rings is 1. The summed E-state index contributed by atoms with van der Waals surface area (Å²) >= 11 is 0. The summed E-state index contributed by atoms with van der Waals surface area (Å²) in [5.41, 5.74) is 6.73. The smallest absolute Gasteiger partial charge is 0.120 e. The molecule has 1 atom stereocenters. The average Bonchev–Trinajstić information content (AvgIpc) is 2.39. The van der Waals surface area contributed by atoms with Crippen LogP contribution in [0, 0.1) is 5.92 Å². The molecule has 1 saturated heterocycles. The van der Waals surface area contributed by atoms with Crippen LogP contribution in [0.2, 0.25) is 0 Å². The highest BCUT2D eigenvalue weighted by Crippen LogP contribution is 2.30. The van der Waals surface area contributed by atoms with Crippen molar-refractivity contribution in [3.63, 3.8) is 0 Å². The van der Waals surface area contributed by atoms with E-state index in [0.29, 0.717) is 11.7 Å². The van der Waals surface area contributed by atoms with Gasteiger partial charge in [0.15, 0.2) is 0 Å². The number of para-hydroxylation sites is 1. The Labute approximate surface area is 103 Å². The molecule has 3 nitrogen and oxygen atoms in total. The number of piperidine rings is 1. The van der Waals surface area contributed by atoms with E-state index < -0.39 is 0 Å². The Bertz CT molecular complexity index is 359. The van der Waals surface area contributed by atoms with Crippen molar-refractivity contribution in [1.82, 2.24) is 4.90 Å². The Hall–Kier alpha value is -1.06. The normalized spacial score (nSPS) is 20.4. The van der Waals surface area contributed by atoms with E-state index in [2.05, 4.69) is 11.8 Å². The molecule has 17 heavy (non-hydrogen) atoms. The van der Waals surface area contributed by atoms with Crippen LogP contribution in [0.5, 0.6) is 5.75 Å². The SMILES string of the molecule is CC(c1ccccc1O)N1CCC(CN)CC1. The van der Waals surface area contributed by atoms with Crippen LogP contribution >= 0.6 is 0 Å². The van der Waals surface area contributed by atoms with Gasteiger partial charge >= 0.3 is 0 Å². The lowest BCUT2D eigenvalue weighted by Crippen LogP contribution is -2.37. The second kappa shape index (κ2) is 5.52. The van der Waals surface area contributed by atoms with Crippen molar-refractivity contribution in [3.05, 3.63) is 29.8 Å². The van der Waals surface area contributed by atoms with Crippen molar-refractivity contribution in [3.8, 4) is 5.75 Å². The summed E-state index contributed by atoms with van der Waals surface area (Å²) in [6, 6.07) is 7.91. The van der Waals surface area contributed by atoms with E-state index in [1.54, 1.807) is 6.07 Å². The van der Waals surface area contributed by atoms with Crippen LogP contribution in [-0.2, 0) is 0 Å². The molecule has 94 valence electrons. The van der Waals surface area contributed by atoms with Crippen molar-refractivity contribution in [2.75, 3.05) is 19.6 Å². The number of hydrogen-bond acceptors (Lipinski definition) is 3. The van der Waals surface area contributed by atoms with Gasteiger partial charge in [0.05, 0.1) is 0 Å². The molecule has 1 aromatic rings. The minimum Gasteiger partial charge on any atom is -0.508 e. The Balaban J connectivity index is 2.02. The van der Waals surface area contributed by atoms with Gasteiger partial charge in [0, 0.05) is 11.6 Å². The second-order valence-corrected chi connectivity index (χ2v) is 4.95. The van der Waals surface area contributed by atoms with Gasteiger partial charge in [-0.1, -0.05) is 18.2 Å². The number of hydrogen-bond donors (Lipinski definition) is 2. The fraction of sp³-hybridized carbons (Fsp3) is 0.571. The van der Waals surface area contributed by atoms with Gasteiger partial charge in [-0.25, -0.2) is 0 Å². The number of phenols is 1. The monoisotopic (exact) mass is 234 g/mol. The van der Waals surface area contributed by atoms with E-state index in [0.717, 1.165) is 25.2 Å². The quantitative estimate of drug-likeness (QED) is 0.842. The number of rotatable bonds is 3. The minimum absolute atomic E-state index is 0.287. The lowest BCUT2D eigenvalue weighted by molar-refractivity contribution is 0.142. The van der Waals surface area contributed by atoms with E-state index in [1.807, 2.05) is 18.2 Å². The third kappa shape index (κ3) is 2.79. The lowest BCUT2D eigenvalue weighted by atomic mass is 9.94. The van der Waals surface area contributed by atoms with Crippen LogP contribution in [0.1, 0.15) is 31.4 Å². The first-order chi connectivity index (χ1) is 8.22. The van der Waals surface area contributed by atoms with Gasteiger partial charge in [-0.2, -0.15) is 0 Å². The first kappa shape index (κ1) is 12.4. The maximum absolute atomic E-state index is 9.86. The molecule has 0 spiro atoms. The molecule has 1 fully saturated rings. The molecule has 3 heteroatoms. The fourth-order valence-corrected chi connectivity index (χ4v) is 2.61. The molecule has 0 amide bonds. The zero-order chi connectivity index (χ0) is 12.3. The third-order valence-corrected chi connectivity index (χ3v) is 3.92. The van der Waals surface area contributed by atoms with Crippen LogP contribution in [0.4, 0.5) is 0 Å². The van der Waals surface area contributed by atoms with E-state index in [9.17, 15) is 5.11 Å². The van der Waals surface area contributed by atoms with E-state index >= 15 is 0 Å². The van der Waals surface area contributed by atoms with Gasteiger partial charge in [-0.05, 0) is 51.4 Å². The molecule has 1 unspecified atom stereocenters. The highest BCUT2D eigenvalue weighted by Gasteiger charge is 2.23. The van der Waals surface area contributed by atoms with Crippen molar-refractivity contribution in [2.24, 2.45) is 11.7 Å². The molecule has 0 aromatic heterocycles. The molecule has 0 aliphatic carbocycles. The minimum atomic E-state index is 0.287. The molecule has 1 aromatic carbocycles. The Kier molecular flexibility index (Phi) is 4.02. The Morgan fingerprint density at radius 2 is 2.00 bits per heavy atom. The van der Waals surface area contributed by atoms with Gasteiger partial charge in [-0.3, -0.25) is 4.90 Å². The average molecular weight is 234 g/mol. The summed E-state index contributed by atoms with van der Waals surface area (Å²) in [5.74, 6) is 1.09. The summed E-state index contributed by atoms with van der Waals surface area (Å²) in [7, 11) is 0. The number of likely N-dealkylation sites (tertiary alicyclic amines) is 1. The van der Waals surface area contributed by atoms with Crippen molar-refractivity contribution >= 4 is 0 Å². The molecule has 1 aliphatic heterocycles. The second-order valence-electron chi connectivity index (χ2n) is 4.95. The third-order valence-electron chi connectivity index (χ3n) is 3.92.